The van der Waals surface area contributed by atoms with Gasteiger partial charge in [0.15, 0.2) is 0 Å². The Bertz CT molecular complexity index is 451. The first-order chi connectivity index (χ1) is 9.08. The van der Waals surface area contributed by atoms with E-state index in [2.05, 4.69) is 15.6 Å². The lowest BCUT2D eigenvalue weighted by Gasteiger charge is -2.18. The van der Waals surface area contributed by atoms with Crippen LogP contribution in [0.5, 0.6) is 0 Å². The fourth-order valence-electron chi connectivity index (χ4n) is 1.86. The lowest BCUT2D eigenvalue weighted by molar-refractivity contribution is -0.142. The summed E-state index contributed by atoms with van der Waals surface area (Å²) in [7, 11) is 0. The van der Waals surface area contributed by atoms with E-state index in [-0.39, 0.29) is 19.3 Å². The molecule has 8 heteroatoms. The average Bonchev–Trinajstić information content (AvgIpc) is 2.98. The third-order valence-corrected chi connectivity index (χ3v) is 3.84. The summed E-state index contributed by atoms with van der Waals surface area (Å²) in [6.07, 6.45) is 1.67. The number of carbonyl (C=O) groups excluding carboxylic acids is 1. The number of thiazole rings is 1. The molecule has 0 radical (unpaired) electrons. The van der Waals surface area contributed by atoms with Gasteiger partial charge in [0.05, 0.1) is 25.3 Å². The molecule has 1 aromatic heterocycles. The highest BCUT2D eigenvalue weighted by atomic mass is 32.1. The Balaban J connectivity index is 1.86. The molecule has 1 aliphatic rings. The van der Waals surface area contributed by atoms with Gasteiger partial charge in [0, 0.05) is 11.6 Å². The molecule has 3 atom stereocenters. The second-order valence-corrected chi connectivity index (χ2v) is 5.22. The first-order valence-electron chi connectivity index (χ1n) is 5.85. The van der Waals surface area contributed by atoms with Crippen LogP contribution in [-0.2, 0) is 9.53 Å². The molecule has 0 aliphatic carbocycles. The predicted octanol–water partition coefficient (Wildman–Crippen LogP) is 0.603. The lowest BCUT2D eigenvalue weighted by Crippen LogP contribution is -2.47. The molecule has 1 aliphatic heterocycles. The van der Waals surface area contributed by atoms with E-state index in [9.17, 15) is 9.59 Å². The molecule has 19 heavy (non-hydrogen) atoms. The van der Waals surface area contributed by atoms with Gasteiger partial charge in [-0.15, -0.1) is 11.3 Å². The molecule has 7 nitrogen and oxygen atoms in total. The summed E-state index contributed by atoms with van der Waals surface area (Å²) in [5.74, 6) is -1.66. The highest BCUT2D eigenvalue weighted by Gasteiger charge is 2.35. The Kier molecular flexibility index (Phi) is 4.33. The van der Waals surface area contributed by atoms with Crippen LogP contribution in [0.15, 0.2) is 11.6 Å². The molecule has 0 spiro atoms. The number of nitrogens with one attached hydrogen (secondary N) is 2. The van der Waals surface area contributed by atoms with Crippen molar-refractivity contribution in [2.75, 3.05) is 13.2 Å². The third kappa shape index (κ3) is 3.42. The topological polar surface area (TPSA) is 101 Å². The van der Waals surface area contributed by atoms with Crippen LogP contribution in [-0.4, -0.2) is 41.3 Å². The van der Waals surface area contributed by atoms with Gasteiger partial charge < -0.3 is 20.5 Å². The Morgan fingerprint density at radius 1 is 1.58 bits per heavy atom. The third-order valence-electron chi connectivity index (χ3n) is 2.88. The fraction of sp³-hybridized carbons (Fsp3) is 0.545. The second-order valence-electron chi connectivity index (χ2n) is 4.30. The van der Waals surface area contributed by atoms with E-state index in [4.69, 9.17) is 9.84 Å². The molecule has 2 heterocycles. The largest absolute Gasteiger partial charge is 0.481 e. The molecule has 0 bridgehead atoms. The summed E-state index contributed by atoms with van der Waals surface area (Å²) in [5, 5.41) is 16.9. The molecule has 1 fully saturated rings. The van der Waals surface area contributed by atoms with Crippen LogP contribution in [0.1, 0.15) is 18.0 Å². The van der Waals surface area contributed by atoms with E-state index in [0.29, 0.717) is 0 Å². The second kappa shape index (κ2) is 5.98. The molecular weight excluding hydrogens is 270 g/mol. The van der Waals surface area contributed by atoms with E-state index in [0.717, 1.165) is 5.01 Å². The van der Waals surface area contributed by atoms with Crippen molar-refractivity contribution in [3.63, 3.8) is 0 Å². The minimum Gasteiger partial charge on any atom is -0.481 e. The maximum absolute atomic E-state index is 11.8. The van der Waals surface area contributed by atoms with E-state index < -0.39 is 24.0 Å². The Labute approximate surface area is 114 Å². The molecule has 2 amide bonds. The normalized spacial score (nSPS) is 23.8. The number of aliphatic carboxylic acids is 1. The SMILES string of the molecule is CC(NC(=O)NC1COCC1C(=O)O)c1nccs1. The average molecular weight is 285 g/mol. The molecule has 1 aromatic rings. The number of rotatable bonds is 4. The number of amides is 2. The maximum Gasteiger partial charge on any atom is 0.315 e. The number of aromatic nitrogens is 1. The number of carboxylic acids is 1. The van der Waals surface area contributed by atoms with Crippen molar-refractivity contribution in [1.29, 1.82) is 0 Å². The molecule has 104 valence electrons. The zero-order chi connectivity index (χ0) is 13.8. The first-order valence-corrected chi connectivity index (χ1v) is 6.73. The quantitative estimate of drug-likeness (QED) is 0.752. The van der Waals surface area contributed by atoms with Gasteiger partial charge in [-0.05, 0) is 6.92 Å². The number of nitrogens with zero attached hydrogens (tertiary/aromatic N) is 1. The number of hydrogen-bond acceptors (Lipinski definition) is 5. The van der Waals surface area contributed by atoms with Gasteiger partial charge in [-0.25, -0.2) is 9.78 Å². The summed E-state index contributed by atoms with van der Waals surface area (Å²) in [5.41, 5.74) is 0. The van der Waals surface area contributed by atoms with Gasteiger partial charge in [-0.2, -0.15) is 0 Å². The first kappa shape index (κ1) is 13.8. The monoisotopic (exact) mass is 285 g/mol. The van der Waals surface area contributed by atoms with E-state index >= 15 is 0 Å². The highest BCUT2D eigenvalue weighted by Crippen LogP contribution is 2.16. The number of ether oxygens (including phenoxy) is 1. The van der Waals surface area contributed by atoms with Gasteiger partial charge >= 0.3 is 12.0 Å². The minimum atomic E-state index is -0.962. The molecule has 3 N–H and O–H groups in total. The van der Waals surface area contributed by atoms with Crippen LogP contribution in [0.2, 0.25) is 0 Å². The number of urea groups is 1. The van der Waals surface area contributed by atoms with E-state index in [1.54, 1.807) is 6.20 Å². The molecule has 2 rings (SSSR count). The Morgan fingerprint density at radius 3 is 3.00 bits per heavy atom. The van der Waals surface area contributed by atoms with E-state index in [1.165, 1.54) is 11.3 Å². The predicted molar refractivity (Wildman–Crippen MR) is 67.9 cm³/mol. The van der Waals surface area contributed by atoms with Gasteiger partial charge in [0.1, 0.15) is 10.9 Å². The van der Waals surface area contributed by atoms with Crippen LogP contribution < -0.4 is 10.6 Å². The molecule has 3 unspecified atom stereocenters. The van der Waals surface area contributed by atoms with Crippen LogP contribution in [0.3, 0.4) is 0 Å². The van der Waals surface area contributed by atoms with E-state index in [1.807, 2.05) is 12.3 Å². The standard InChI is InChI=1S/C11H15N3O4S/c1-6(9-12-2-3-19-9)13-11(17)14-8-5-18-4-7(8)10(15)16/h2-3,6-8H,4-5H2,1H3,(H,15,16)(H2,13,14,17). The van der Waals surface area contributed by atoms with Crippen molar-refractivity contribution in [3.8, 4) is 0 Å². The molecule has 0 aromatic carbocycles. The van der Waals surface area contributed by atoms with Crippen molar-refractivity contribution in [2.45, 2.75) is 19.0 Å². The minimum absolute atomic E-state index is 0.127. The van der Waals surface area contributed by atoms with Crippen molar-refractivity contribution in [1.82, 2.24) is 15.6 Å². The molecule has 0 saturated carbocycles. The van der Waals surface area contributed by atoms with Gasteiger partial charge in [-0.3, -0.25) is 4.79 Å². The zero-order valence-electron chi connectivity index (χ0n) is 10.3. The van der Waals surface area contributed by atoms with Crippen LogP contribution in [0.25, 0.3) is 0 Å². The van der Waals surface area contributed by atoms with Crippen LogP contribution >= 0.6 is 11.3 Å². The molecular formula is C11H15N3O4S. The summed E-state index contributed by atoms with van der Waals surface area (Å²) < 4.78 is 5.08. The van der Waals surface area contributed by atoms with Crippen LogP contribution in [0, 0.1) is 5.92 Å². The summed E-state index contributed by atoms with van der Waals surface area (Å²) in [4.78, 5) is 26.8. The van der Waals surface area contributed by atoms with Crippen molar-refractivity contribution < 1.29 is 19.4 Å². The maximum atomic E-state index is 11.8. The van der Waals surface area contributed by atoms with Gasteiger partial charge in [0.2, 0.25) is 0 Å². The van der Waals surface area contributed by atoms with Crippen molar-refractivity contribution in [3.05, 3.63) is 16.6 Å². The summed E-state index contributed by atoms with van der Waals surface area (Å²) in [6.45, 7) is 2.16. The number of hydrogen-bond donors (Lipinski definition) is 3. The van der Waals surface area contributed by atoms with Crippen molar-refractivity contribution in [2.24, 2.45) is 5.92 Å². The Hall–Kier alpha value is -1.67. The van der Waals surface area contributed by atoms with Crippen molar-refractivity contribution >= 4 is 23.3 Å². The number of carbonyl (C=O) groups is 2. The molecule has 1 saturated heterocycles. The highest BCUT2D eigenvalue weighted by molar-refractivity contribution is 7.09. The fourth-order valence-corrected chi connectivity index (χ4v) is 2.50. The van der Waals surface area contributed by atoms with Gasteiger partial charge in [-0.1, -0.05) is 0 Å². The zero-order valence-corrected chi connectivity index (χ0v) is 11.1. The van der Waals surface area contributed by atoms with Crippen LogP contribution in [0.4, 0.5) is 4.79 Å². The lowest BCUT2D eigenvalue weighted by atomic mass is 10.0. The number of carboxylic acid groups (broad SMARTS) is 1. The van der Waals surface area contributed by atoms with Gasteiger partial charge in [0.25, 0.3) is 0 Å². The smallest absolute Gasteiger partial charge is 0.315 e. The summed E-state index contributed by atoms with van der Waals surface area (Å²) in [6, 6.07) is -1.13. The summed E-state index contributed by atoms with van der Waals surface area (Å²) >= 11 is 1.45. The Morgan fingerprint density at radius 2 is 2.37 bits per heavy atom.